The minimum atomic E-state index is -0.525. The van der Waals surface area contributed by atoms with Crippen LogP contribution in [0, 0.1) is 5.82 Å². The highest BCUT2D eigenvalue weighted by Gasteiger charge is 2.30. The number of halogens is 1. The van der Waals surface area contributed by atoms with Gasteiger partial charge in [0.1, 0.15) is 5.69 Å². The number of anilines is 2. The highest BCUT2D eigenvalue weighted by atomic mass is 32.1. The molecule has 0 bridgehead atoms. The van der Waals surface area contributed by atoms with Crippen LogP contribution in [0.4, 0.5) is 15.2 Å². The first-order chi connectivity index (χ1) is 15.9. The number of pyridine rings is 1. The molecule has 0 saturated heterocycles. The van der Waals surface area contributed by atoms with Crippen LogP contribution in [0.1, 0.15) is 25.1 Å². The quantitative estimate of drug-likeness (QED) is 0.473. The van der Waals surface area contributed by atoms with Gasteiger partial charge in [-0.3, -0.25) is 14.6 Å². The van der Waals surface area contributed by atoms with E-state index in [-0.39, 0.29) is 17.5 Å². The number of aromatic nitrogens is 4. The molecule has 0 spiro atoms. The van der Waals surface area contributed by atoms with E-state index in [9.17, 15) is 9.59 Å². The van der Waals surface area contributed by atoms with Gasteiger partial charge in [0.15, 0.2) is 10.9 Å². The lowest BCUT2D eigenvalue weighted by Gasteiger charge is -2.15. The van der Waals surface area contributed by atoms with E-state index in [0.717, 1.165) is 33.1 Å². The second-order valence-electron chi connectivity index (χ2n) is 7.65. The number of rotatable bonds is 4. The summed E-state index contributed by atoms with van der Waals surface area (Å²) in [4.78, 5) is 32.5. The molecule has 1 aromatic carbocycles. The largest absolute Gasteiger partial charge is 0.326 e. The number of aryl methyl sites for hydroxylation is 1. The second-order valence-corrected chi connectivity index (χ2v) is 8.65. The van der Waals surface area contributed by atoms with E-state index < -0.39 is 5.82 Å². The Morgan fingerprint density at radius 3 is 2.64 bits per heavy atom. The summed E-state index contributed by atoms with van der Waals surface area (Å²) in [5.74, 6) is -1.01. The lowest BCUT2D eigenvalue weighted by Crippen LogP contribution is -2.09. The third-order valence-electron chi connectivity index (χ3n) is 5.22. The number of thiazole rings is 1. The Bertz CT molecular complexity index is 1400. The molecule has 2 N–H and O–H groups in total. The van der Waals surface area contributed by atoms with Crippen molar-refractivity contribution >= 4 is 34.0 Å². The summed E-state index contributed by atoms with van der Waals surface area (Å²) in [6, 6.07) is 8.25. The predicted octanol–water partition coefficient (Wildman–Crippen LogP) is 4.21. The monoisotopic (exact) mass is 462 g/mol. The Morgan fingerprint density at radius 2 is 1.94 bits per heavy atom. The Labute approximate surface area is 192 Å². The summed E-state index contributed by atoms with van der Waals surface area (Å²) in [5.41, 5.74) is 4.72. The number of carbonyl (C=O) groups excluding carboxylic acids is 2. The molecule has 0 fully saturated rings. The molecule has 2 amide bonds. The number of benzene rings is 1. The summed E-state index contributed by atoms with van der Waals surface area (Å²) < 4.78 is 16.8. The van der Waals surface area contributed by atoms with Crippen LogP contribution in [-0.2, 0) is 22.4 Å². The summed E-state index contributed by atoms with van der Waals surface area (Å²) in [5, 5.41) is 10.6. The second kappa shape index (κ2) is 8.21. The standard InChI is InChI=1S/C23H19FN6O2S/c1-12(31)26-15-5-8-19(17(24)10-15)30-21-16(20(29-30)14-4-3-9-25-11-14)6-7-18-22(21)33-23(28-18)27-13(2)32/h3-5,8-11H,6-7H2,1-2H3,(H,26,31)(H,27,28,32). The zero-order valence-corrected chi connectivity index (χ0v) is 18.7. The topological polar surface area (TPSA) is 102 Å². The molecule has 33 heavy (non-hydrogen) atoms. The van der Waals surface area contributed by atoms with Crippen LogP contribution in [-0.4, -0.2) is 31.6 Å². The fourth-order valence-corrected chi connectivity index (χ4v) is 5.06. The van der Waals surface area contributed by atoms with Gasteiger partial charge in [-0.25, -0.2) is 14.1 Å². The highest BCUT2D eigenvalue weighted by Crippen LogP contribution is 2.44. The molecule has 8 nitrogen and oxygen atoms in total. The maximum absolute atomic E-state index is 15.2. The summed E-state index contributed by atoms with van der Waals surface area (Å²) in [7, 11) is 0. The average molecular weight is 463 g/mol. The third-order valence-corrected chi connectivity index (χ3v) is 6.24. The molecule has 0 aliphatic heterocycles. The maximum atomic E-state index is 15.2. The summed E-state index contributed by atoms with van der Waals surface area (Å²) >= 11 is 1.34. The van der Waals surface area contributed by atoms with E-state index in [2.05, 4.69) is 20.6 Å². The van der Waals surface area contributed by atoms with Gasteiger partial charge in [0, 0.05) is 43.1 Å². The number of hydrogen-bond acceptors (Lipinski definition) is 6. The van der Waals surface area contributed by atoms with Crippen LogP contribution >= 0.6 is 11.3 Å². The van der Waals surface area contributed by atoms with Crippen molar-refractivity contribution < 1.29 is 14.0 Å². The SMILES string of the molecule is CC(=O)Nc1ccc(-n2nc(-c3cccnc3)c3c2-c2sc(NC(C)=O)nc2CC3)c(F)c1. The van der Waals surface area contributed by atoms with Gasteiger partial charge >= 0.3 is 0 Å². The number of nitrogens with zero attached hydrogens (tertiary/aromatic N) is 4. The van der Waals surface area contributed by atoms with Gasteiger partial charge in [-0.05, 0) is 43.2 Å². The first-order valence-electron chi connectivity index (χ1n) is 10.3. The van der Waals surface area contributed by atoms with Gasteiger partial charge in [-0.2, -0.15) is 5.10 Å². The van der Waals surface area contributed by atoms with Crippen LogP contribution in [0.25, 0.3) is 27.5 Å². The van der Waals surface area contributed by atoms with E-state index in [1.54, 1.807) is 29.2 Å². The minimum absolute atomic E-state index is 0.203. The third kappa shape index (κ3) is 3.89. The number of hydrogen-bond donors (Lipinski definition) is 2. The van der Waals surface area contributed by atoms with Crippen molar-refractivity contribution in [1.29, 1.82) is 0 Å². The molecule has 166 valence electrons. The molecule has 10 heteroatoms. The van der Waals surface area contributed by atoms with Crippen molar-refractivity contribution in [1.82, 2.24) is 19.7 Å². The van der Waals surface area contributed by atoms with Crippen molar-refractivity contribution in [2.75, 3.05) is 10.6 Å². The fourth-order valence-electron chi connectivity index (χ4n) is 3.94. The van der Waals surface area contributed by atoms with Gasteiger partial charge in [-0.15, -0.1) is 0 Å². The van der Waals surface area contributed by atoms with Crippen molar-refractivity contribution in [3.05, 3.63) is 59.8 Å². The summed E-state index contributed by atoms with van der Waals surface area (Å²) in [6.07, 6.45) is 4.77. The summed E-state index contributed by atoms with van der Waals surface area (Å²) in [6.45, 7) is 2.80. The molecule has 3 heterocycles. The lowest BCUT2D eigenvalue weighted by atomic mass is 9.95. The van der Waals surface area contributed by atoms with Crippen molar-refractivity contribution in [3.63, 3.8) is 0 Å². The zero-order valence-electron chi connectivity index (χ0n) is 17.8. The fraction of sp³-hybridized carbons (Fsp3) is 0.174. The molecular formula is C23H19FN6O2S. The van der Waals surface area contributed by atoms with Gasteiger partial charge in [-0.1, -0.05) is 11.3 Å². The minimum Gasteiger partial charge on any atom is -0.326 e. The van der Waals surface area contributed by atoms with Crippen LogP contribution in [0.5, 0.6) is 0 Å². The van der Waals surface area contributed by atoms with E-state index in [1.165, 1.54) is 31.3 Å². The Hall–Kier alpha value is -3.92. The van der Waals surface area contributed by atoms with Crippen molar-refractivity contribution in [2.24, 2.45) is 0 Å². The number of fused-ring (bicyclic) bond motifs is 3. The molecule has 5 rings (SSSR count). The Balaban J connectivity index is 1.71. The molecular weight excluding hydrogens is 443 g/mol. The first kappa shape index (κ1) is 21.0. The van der Waals surface area contributed by atoms with Crippen molar-refractivity contribution in [3.8, 4) is 27.5 Å². The number of carbonyl (C=O) groups is 2. The van der Waals surface area contributed by atoms with Gasteiger partial charge in [0.05, 0.1) is 22.0 Å². The molecule has 0 atom stereocenters. The first-order valence-corrected chi connectivity index (χ1v) is 11.1. The highest BCUT2D eigenvalue weighted by molar-refractivity contribution is 7.19. The van der Waals surface area contributed by atoms with Crippen LogP contribution < -0.4 is 10.6 Å². The van der Waals surface area contributed by atoms with Crippen LogP contribution in [0.3, 0.4) is 0 Å². The smallest absolute Gasteiger partial charge is 0.223 e. The zero-order chi connectivity index (χ0) is 23.1. The van der Waals surface area contributed by atoms with Crippen LogP contribution in [0.15, 0.2) is 42.7 Å². The van der Waals surface area contributed by atoms with Gasteiger partial charge in [0.25, 0.3) is 0 Å². The average Bonchev–Trinajstić information content (AvgIpc) is 3.34. The molecule has 4 aromatic rings. The maximum Gasteiger partial charge on any atom is 0.223 e. The Kier molecular flexibility index (Phi) is 5.21. The van der Waals surface area contributed by atoms with E-state index >= 15 is 4.39 Å². The number of amides is 2. The lowest BCUT2D eigenvalue weighted by molar-refractivity contribution is -0.115. The molecule has 0 saturated carbocycles. The van der Waals surface area contributed by atoms with E-state index in [4.69, 9.17) is 5.10 Å². The molecule has 1 aliphatic rings. The van der Waals surface area contributed by atoms with Gasteiger partial charge in [0.2, 0.25) is 11.8 Å². The normalized spacial score (nSPS) is 12.1. The van der Waals surface area contributed by atoms with Gasteiger partial charge < -0.3 is 10.6 Å². The molecule has 3 aromatic heterocycles. The molecule has 0 unspecified atom stereocenters. The van der Waals surface area contributed by atoms with E-state index in [1.807, 2.05) is 12.1 Å². The van der Waals surface area contributed by atoms with E-state index in [0.29, 0.717) is 23.7 Å². The van der Waals surface area contributed by atoms with Crippen LogP contribution in [0.2, 0.25) is 0 Å². The number of nitrogens with one attached hydrogen (secondary N) is 2. The predicted molar refractivity (Wildman–Crippen MR) is 124 cm³/mol. The molecule has 1 aliphatic carbocycles. The Morgan fingerprint density at radius 1 is 1.12 bits per heavy atom. The van der Waals surface area contributed by atoms with Crippen molar-refractivity contribution in [2.45, 2.75) is 26.7 Å². The molecule has 0 radical (unpaired) electrons.